The first-order valence-electron chi connectivity index (χ1n) is 3.83. The lowest BCUT2D eigenvalue weighted by atomic mass is 10.3. The first kappa shape index (κ1) is 8.27. The van der Waals surface area contributed by atoms with Gasteiger partial charge in [0.1, 0.15) is 11.9 Å². The Morgan fingerprint density at radius 1 is 1.45 bits per heavy atom. The van der Waals surface area contributed by atoms with Crippen LogP contribution in [-0.4, -0.2) is 14.7 Å². The van der Waals surface area contributed by atoms with Crippen molar-refractivity contribution in [3.05, 3.63) is 18.2 Å². The SMILES string of the molecule is CC(C)n1ccnc1[C@H](C)O. The largest absolute Gasteiger partial charge is 0.385 e. The van der Waals surface area contributed by atoms with Crippen LogP contribution in [0.5, 0.6) is 0 Å². The van der Waals surface area contributed by atoms with Gasteiger partial charge in [-0.2, -0.15) is 0 Å². The van der Waals surface area contributed by atoms with Gasteiger partial charge in [0.2, 0.25) is 0 Å². The van der Waals surface area contributed by atoms with Crippen LogP contribution < -0.4 is 0 Å². The Kier molecular flexibility index (Phi) is 2.29. The summed E-state index contributed by atoms with van der Waals surface area (Å²) in [6, 6.07) is 0.363. The Morgan fingerprint density at radius 3 is 2.45 bits per heavy atom. The molecule has 0 fully saturated rings. The summed E-state index contributed by atoms with van der Waals surface area (Å²) < 4.78 is 1.96. The zero-order valence-electron chi connectivity index (χ0n) is 7.15. The van der Waals surface area contributed by atoms with Crippen LogP contribution in [0.15, 0.2) is 12.4 Å². The van der Waals surface area contributed by atoms with Crippen molar-refractivity contribution in [3.8, 4) is 0 Å². The van der Waals surface area contributed by atoms with Crippen molar-refractivity contribution in [3.63, 3.8) is 0 Å². The van der Waals surface area contributed by atoms with E-state index >= 15 is 0 Å². The number of hydrogen-bond acceptors (Lipinski definition) is 2. The molecule has 3 heteroatoms. The van der Waals surface area contributed by atoms with E-state index < -0.39 is 6.10 Å². The van der Waals surface area contributed by atoms with Crippen LogP contribution in [0.1, 0.15) is 38.7 Å². The predicted molar refractivity (Wildman–Crippen MR) is 43.2 cm³/mol. The predicted octanol–water partition coefficient (Wildman–Crippen LogP) is 1.52. The van der Waals surface area contributed by atoms with Gasteiger partial charge in [0.25, 0.3) is 0 Å². The van der Waals surface area contributed by atoms with Gasteiger partial charge in [0.15, 0.2) is 0 Å². The minimum absolute atomic E-state index is 0.363. The van der Waals surface area contributed by atoms with Crippen molar-refractivity contribution in [1.29, 1.82) is 0 Å². The summed E-state index contributed by atoms with van der Waals surface area (Å²) in [5.41, 5.74) is 0. The average molecular weight is 154 g/mol. The molecule has 1 N–H and O–H groups in total. The number of aromatic nitrogens is 2. The normalized spacial score (nSPS) is 13.9. The van der Waals surface area contributed by atoms with Gasteiger partial charge >= 0.3 is 0 Å². The Balaban J connectivity index is 2.96. The number of rotatable bonds is 2. The molecule has 0 unspecified atom stereocenters. The summed E-state index contributed by atoms with van der Waals surface area (Å²) in [7, 11) is 0. The van der Waals surface area contributed by atoms with Crippen molar-refractivity contribution < 1.29 is 5.11 Å². The second-order valence-corrected chi connectivity index (χ2v) is 2.96. The molecule has 0 aliphatic rings. The van der Waals surface area contributed by atoms with Crippen LogP contribution in [0.3, 0.4) is 0 Å². The standard InChI is InChI=1S/C8H14N2O/c1-6(2)10-5-4-9-8(10)7(3)11/h4-7,11H,1-3H3/t7-/m0/s1. The highest BCUT2D eigenvalue weighted by atomic mass is 16.3. The third-order valence-electron chi connectivity index (χ3n) is 1.63. The summed E-state index contributed by atoms with van der Waals surface area (Å²) in [6.07, 6.45) is 3.11. The summed E-state index contributed by atoms with van der Waals surface area (Å²) in [5, 5.41) is 9.26. The number of hydrogen-bond donors (Lipinski definition) is 1. The third kappa shape index (κ3) is 1.60. The quantitative estimate of drug-likeness (QED) is 0.701. The van der Waals surface area contributed by atoms with Crippen LogP contribution in [-0.2, 0) is 0 Å². The number of nitrogens with zero attached hydrogens (tertiary/aromatic N) is 2. The zero-order chi connectivity index (χ0) is 8.43. The van der Waals surface area contributed by atoms with Crippen molar-refractivity contribution in [2.45, 2.75) is 32.9 Å². The molecule has 1 rings (SSSR count). The van der Waals surface area contributed by atoms with Crippen molar-refractivity contribution in [1.82, 2.24) is 9.55 Å². The molecule has 1 atom stereocenters. The van der Waals surface area contributed by atoms with E-state index in [4.69, 9.17) is 0 Å². The topological polar surface area (TPSA) is 38.0 Å². The van der Waals surface area contributed by atoms with Crippen LogP contribution in [0.25, 0.3) is 0 Å². The van der Waals surface area contributed by atoms with E-state index in [1.807, 2.05) is 10.8 Å². The molecule has 11 heavy (non-hydrogen) atoms. The first-order chi connectivity index (χ1) is 5.13. The molecule has 1 aromatic heterocycles. The number of imidazole rings is 1. The van der Waals surface area contributed by atoms with Gasteiger partial charge < -0.3 is 9.67 Å². The molecule has 0 bridgehead atoms. The Labute approximate surface area is 66.7 Å². The van der Waals surface area contributed by atoms with Crippen LogP contribution in [0.2, 0.25) is 0 Å². The maximum atomic E-state index is 9.26. The molecule has 1 heterocycles. The molecule has 62 valence electrons. The highest BCUT2D eigenvalue weighted by Crippen LogP contribution is 2.14. The monoisotopic (exact) mass is 154 g/mol. The fourth-order valence-corrected chi connectivity index (χ4v) is 1.08. The van der Waals surface area contributed by atoms with E-state index in [0.717, 1.165) is 5.82 Å². The Bertz CT molecular complexity index is 205. The van der Waals surface area contributed by atoms with Gasteiger partial charge in [-0.1, -0.05) is 0 Å². The zero-order valence-corrected chi connectivity index (χ0v) is 7.15. The lowest BCUT2D eigenvalue weighted by Crippen LogP contribution is -2.07. The highest BCUT2D eigenvalue weighted by Gasteiger charge is 2.09. The Morgan fingerprint density at radius 2 is 2.09 bits per heavy atom. The Hall–Kier alpha value is -0.830. The molecule has 0 aliphatic carbocycles. The van der Waals surface area contributed by atoms with E-state index in [1.54, 1.807) is 13.1 Å². The molecule has 1 aromatic rings. The van der Waals surface area contributed by atoms with Gasteiger partial charge in [-0.05, 0) is 20.8 Å². The minimum atomic E-state index is -0.479. The molecular formula is C8H14N2O. The second-order valence-electron chi connectivity index (χ2n) is 2.96. The van der Waals surface area contributed by atoms with E-state index in [2.05, 4.69) is 18.8 Å². The van der Waals surface area contributed by atoms with Crippen molar-refractivity contribution >= 4 is 0 Å². The average Bonchev–Trinajstić information content (AvgIpc) is 2.32. The lowest BCUT2D eigenvalue weighted by Gasteiger charge is -2.12. The molecule has 0 saturated carbocycles. The summed E-state index contributed by atoms with van der Waals surface area (Å²) in [5.74, 6) is 0.736. The van der Waals surface area contributed by atoms with Gasteiger partial charge in [0, 0.05) is 18.4 Å². The van der Waals surface area contributed by atoms with E-state index in [0.29, 0.717) is 6.04 Å². The lowest BCUT2D eigenvalue weighted by molar-refractivity contribution is 0.182. The first-order valence-corrected chi connectivity index (χ1v) is 3.83. The second kappa shape index (κ2) is 3.05. The fourth-order valence-electron chi connectivity index (χ4n) is 1.08. The molecular weight excluding hydrogens is 140 g/mol. The van der Waals surface area contributed by atoms with Gasteiger partial charge in [-0.15, -0.1) is 0 Å². The van der Waals surface area contributed by atoms with Crippen molar-refractivity contribution in [2.75, 3.05) is 0 Å². The smallest absolute Gasteiger partial charge is 0.137 e. The summed E-state index contributed by atoms with van der Waals surface area (Å²) >= 11 is 0. The molecule has 0 aromatic carbocycles. The fraction of sp³-hybridized carbons (Fsp3) is 0.625. The molecule has 0 aliphatic heterocycles. The third-order valence-corrected chi connectivity index (χ3v) is 1.63. The van der Waals surface area contributed by atoms with Crippen LogP contribution >= 0.6 is 0 Å². The molecule has 3 nitrogen and oxygen atoms in total. The summed E-state index contributed by atoms with van der Waals surface area (Å²) in [6.45, 7) is 5.85. The highest BCUT2D eigenvalue weighted by molar-refractivity contribution is 4.96. The number of aliphatic hydroxyl groups is 1. The van der Waals surface area contributed by atoms with Crippen LogP contribution in [0, 0.1) is 0 Å². The molecule has 0 saturated heterocycles. The number of aliphatic hydroxyl groups excluding tert-OH is 1. The van der Waals surface area contributed by atoms with Gasteiger partial charge in [-0.3, -0.25) is 0 Å². The molecule has 0 spiro atoms. The van der Waals surface area contributed by atoms with Crippen molar-refractivity contribution in [2.24, 2.45) is 0 Å². The van der Waals surface area contributed by atoms with E-state index in [-0.39, 0.29) is 0 Å². The molecule has 0 radical (unpaired) electrons. The maximum absolute atomic E-state index is 9.26. The van der Waals surface area contributed by atoms with E-state index in [9.17, 15) is 5.11 Å². The van der Waals surface area contributed by atoms with Gasteiger partial charge in [-0.25, -0.2) is 4.98 Å². The maximum Gasteiger partial charge on any atom is 0.137 e. The van der Waals surface area contributed by atoms with Gasteiger partial charge in [0.05, 0.1) is 0 Å². The van der Waals surface area contributed by atoms with E-state index in [1.165, 1.54) is 0 Å². The van der Waals surface area contributed by atoms with Crippen LogP contribution in [0.4, 0.5) is 0 Å². The minimum Gasteiger partial charge on any atom is -0.385 e. The summed E-state index contributed by atoms with van der Waals surface area (Å²) in [4.78, 5) is 4.05. The molecule has 0 amide bonds.